The van der Waals surface area contributed by atoms with Crippen molar-refractivity contribution in [1.82, 2.24) is 5.32 Å². The molecule has 0 radical (unpaired) electrons. The molecular weight excluding hydrogens is 456 g/mol. The first-order chi connectivity index (χ1) is 15.1. The van der Waals surface area contributed by atoms with E-state index in [4.69, 9.17) is 9.47 Å². The number of carbonyl (C=O) groups is 3. The smallest absolute Gasteiger partial charge is 0.471 e. The van der Waals surface area contributed by atoms with E-state index in [9.17, 15) is 32.7 Å². The van der Waals surface area contributed by atoms with E-state index in [0.29, 0.717) is 0 Å². The van der Waals surface area contributed by atoms with Crippen LogP contribution in [0.15, 0.2) is 6.07 Å². The Hall–Kier alpha value is -3.09. The molecule has 1 aromatic carbocycles. The summed E-state index contributed by atoms with van der Waals surface area (Å²) in [6.45, 7) is 3.63. The maximum absolute atomic E-state index is 15.5. The Morgan fingerprint density at radius 3 is 2.45 bits per heavy atom. The standard InChI is InChI=1S/C20H22F4N2O7/c1-19(2,3)33-18(30)25-10-5-8-9(15-16(10)32-15)6-11(27)14(13(8)21)26(7-12(28)31-4)17(29)20(22,23)24/h6,10,15-16,27H,5,7H2,1-4H3,(H,25,30)/t10-,15+,16-/m0/s1. The zero-order chi connectivity index (χ0) is 24.9. The number of rotatable bonds is 4. The topological polar surface area (TPSA) is 118 Å². The minimum Gasteiger partial charge on any atom is -0.506 e. The molecule has 0 bridgehead atoms. The number of alkyl halides is 3. The van der Waals surface area contributed by atoms with Crippen molar-refractivity contribution in [3.63, 3.8) is 0 Å². The molecule has 2 amide bonds. The molecule has 13 heteroatoms. The van der Waals surface area contributed by atoms with Crippen molar-refractivity contribution in [2.75, 3.05) is 18.6 Å². The summed E-state index contributed by atoms with van der Waals surface area (Å²) in [4.78, 5) is 35.4. The number of hydrogen-bond acceptors (Lipinski definition) is 7. The Labute approximate surface area is 185 Å². The van der Waals surface area contributed by atoms with Crippen LogP contribution in [-0.4, -0.2) is 60.7 Å². The second kappa shape index (κ2) is 8.36. The molecular formula is C20H22F4N2O7. The van der Waals surface area contributed by atoms with Gasteiger partial charge < -0.3 is 24.6 Å². The molecule has 1 heterocycles. The largest absolute Gasteiger partial charge is 0.506 e. The van der Waals surface area contributed by atoms with Gasteiger partial charge in [0, 0.05) is 0 Å². The first kappa shape index (κ1) is 24.6. The summed E-state index contributed by atoms with van der Waals surface area (Å²) < 4.78 is 69.8. The lowest BCUT2D eigenvalue weighted by atomic mass is 9.87. The highest BCUT2D eigenvalue weighted by molar-refractivity contribution is 6.02. The third-order valence-corrected chi connectivity index (χ3v) is 4.98. The zero-order valence-electron chi connectivity index (χ0n) is 18.1. The van der Waals surface area contributed by atoms with Gasteiger partial charge in [-0.2, -0.15) is 13.2 Å². The summed E-state index contributed by atoms with van der Waals surface area (Å²) in [7, 11) is 0.874. The number of nitrogens with one attached hydrogen (secondary N) is 1. The van der Waals surface area contributed by atoms with E-state index in [2.05, 4.69) is 10.1 Å². The van der Waals surface area contributed by atoms with Gasteiger partial charge in [-0.05, 0) is 44.4 Å². The number of aromatic hydroxyl groups is 1. The molecule has 0 saturated carbocycles. The summed E-state index contributed by atoms with van der Waals surface area (Å²) in [6.07, 6.45) is -7.77. The van der Waals surface area contributed by atoms with Gasteiger partial charge in [-0.1, -0.05) is 0 Å². The minimum atomic E-state index is -5.46. The maximum atomic E-state index is 15.5. The zero-order valence-corrected chi connectivity index (χ0v) is 18.1. The number of benzene rings is 1. The Balaban J connectivity index is 1.98. The first-order valence-electron chi connectivity index (χ1n) is 9.78. The number of esters is 1. The molecule has 2 N–H and O–H groups in total. The number of halogens is 4. The molecule has 0 unspecified atom stereocenters. The van der Waals surface area contributed by atoms with Crippen LogP contribution in [-0.2, 0) is 30.2 Å². The molecule has 9 nitrogen and oxygen atoms in total. The molecule has 182 valence electrons. The van der Waals surface area contributed by atoms with E-state index in [0.717, 1.165) is 13.2 Å². The van der Waals surface area contributed by atoms with E-state index in [1.165, 1.54) is 0 Å². The van der Waals surface area contributed by atoms with Crippen LogP contribution in [0.25, 0.3) is 0 Å². The quantitative estimate of drug-likeness (QED) is 0.388. The molecule has 2 aliphatic rings. The molecule has 1 aliphatic heterocycles. The van der Waals surface area contributed by atoms with Gasteiger partial charge in [0.25, 0.3) is 0 Å². The summed E-state index contributed by atoms with van der Waals surface area (Å²) in [5.74, 6) is -6.17. The molecule has 3 atom stereocenters. The van der Waals surface area contributed by atoms with Crippen LogP contribution in [0.2, 0.25) is 0 Å². The first-order valence-corrected chi connectivity index (χ1v) is 9.78. The number of alkyl carbamates (subject to hydrolysis) is 1. The monoisotopic (exact) mass is 478 g/mol. The Kier molecular flexibility index (Phi) is 6.22. The average Bonchev–Trinajstić information content (AvgIpc) is 3.46. The lowest BCUT2D eigenvalue weighted by Crippen LogP contribution is -2.46. The summed E-state index contributed by atoms with van der Waals surface area (Å²) >= 11 is 0. The third-order valence-electron chi connectivity index (χ3n) is 4.98. The highest BCUT2D eigenvalue weighted by Gasteiger charge is 2.53. The summed E-state index contributed by atoms with van der Waals surface area (Å²) in [5, 5.41) is 12.8. The predicted octanol–water partition coefficient (Wildman–Crippen LogP) is 2.49. The van der Waals surface area contributed by atoms with Crippen LogP contribution in [0, 0.1) is 5.82 Å². The third kappa shape index (κ3) is 5.13. The SMILES string of the molecule is COC(=O)CN(C(=O)C(F)(F)F)c1c(O)cc2c(c1F)C[C@H](NC(=O)OC(C)(C)C)[C@@H]1O[C@H]21. The molecule has 1 saturated heterocycles. The number of carbonyl (C=O) groups excluding carboxylic acids is 3. The highest BCUT2D eigenvalue weighted by atomic mass is 19.4. The number of methoxy groups -OCH3 is 1. The Morgan fingerprint density at radius 1 is 1.27 bits per heavy atom. The normalized spacial score (nSPS) is 21.4. The summed E-state index contributed by atoms with van der Waals surface area (Å²) in [6, 6.07) is 0.201. The number of phenols is 1. The molecule has 1 fully saturated rings. The number of nitrogens with zero attached hydrogens (tertiary/aromatic N) is 1. The van der Waals surface area contributed by atoms with Gasteiger partial charge in [0.05, 0.1) is 13.2 Å². The van der Waals surface area contributed by atoms with Crippen LogP contribution >= 0.6 is 0 Å². The maximum Gasteiger partial charge on any atom is 0.471 e. The van der Waals surface area contributed by atoms with Crippen molar-refractivity contribution in [1.29, 1.82) is 0 Å². The number of hydrogen-bond donors (Lipinski definition) is 2. The predicted molar refractivity (Wildman–Crippen MR) is 103 cm³/mol. The lowest BCUT2D eigenvalue weighted by Gasteiger charge is -2.28. The van der Waals surface area contributed by atoms with Crippen molar-refractivity contribution in [3.8, 4) is 5.75 Å². The van der Waals surface area contributed by atoms with Crippen molar-refractivity contribution < 1.29 is 51.3 Å². The molecule has 0 spiro atoms. The van der Waals surface area contributed by atoms with Crippen molar-refractivity contribution in [2.24, 2.45) is 0 Å². The van der Waals surface area contributed by atoms with E-state index >= 15 is 4.39 Å². The van der Waals surface area contributed by atoms with Gasteiger partial charge in [-0.25, -0.2) is 9.18 Å². The van der Waals surface area contributed by atoms with Gasteiger partial charge in [0.2, 0.25) is 0 Å². The van der Waals surface area contributed by atoms with Gasteiger partial charge in [0.15, 0.2) is 5.82 Å². The second-order valence-electron chi connectivity index (χ2n) is 8.57. The number of anilines is 1. The van der Waals surface area contributed by atoms with Gasteiger partial charge in [-0.3, -0.25) is 14.5 Å². The number of epoxide rings is 1. The fourth-order valence-corrected chi connectivity index (χ4v) is 3.61. The minimum absolute atomic E-state index is 0.165. The van der Waals surface area contributed by atoms with E-state index in [1.54, 1.807) is 20.8 Å². The van der Waals surface area contributed by atoms with Crippen LogP contribution in [0.5, 0.6) is 5.75 Å². The van der Waals surface area contributed by atoms with Gasteiger partial charge in [-0.15, -0.1) is 0 Å². The lowest BCUT2D eigenvalue weighted by molar-refractivity contribution is -0.171. The van der Waals surface area contributed by atoms with Crippen molar-refractivity contribution in [2.45, 2.75) is 57.2 Å². The molecule has 1 aromatic rings. The van der Waals surface area contributed by atoms with Crippen LogP contribution in [0.1, 0.15) is 38.0 Å². The van der Waals surface area contributed by atoms with E-state index in [1.807, 2.05) is 0 Å². The van der Waals surface area contributed by atoms with Gasteiger partial charge in [0.1, 0.15) is 35.8 Å². The second-order valence-corrected chi connectivity index (χ2v) is 8.57. The number of ether oxygens (including phenoxy) is 3. The fourth-order valence-electron chi connectivity index (χ4n) is 3.61. The summed E-state index contributed by atoms with van der Waals surface area (Å²) in [5.41, 5.74) is -1.95. The van der Waals surface area contributed by atoms with Crippen LogP contribution in [0.3, 0.4) is 0 Å². The van der Waals surface area contributed by atoms with Crippen LogP contribution in [0.4, 0.5) is 28.0 Å². The average molecular weight is 478 g/mol. The fraction of sp³-hybridized carbons (Fsp3) is 0.550. The number of phenolic OH excluding ortho intramolecular Hbond substituents is 1. The van der Waals surface area contributed by atoms with Gasteiger partial charge >= 0.3 is 24.1 Å². The van der Waals surface area contributed by atoms with Crippen LogP contribution < -0.4 is 10.2 Å². The molecule has 0 aromatic heterocycles. The van der Waals surface area contributed by atoms with Crippen molar-refractivity contribution in [3.05, 3.63) is 23.0 Å². The number of fused-ring (bicyclic) bond motifs is 3. The Morgan fingerprint density at radius 2 is 1.91 bits per heavy atom. The highest BCUT2D eigenvalue weighted by Crippen LogP contribution is 2.51. The van der Waals surface area contributed by atoms with E-state index in [-0.39, 0.29) is 22.4 Å². The molecule has 33 heavy (non-hydrogen) atoms. The number of amides is 2. The van der Waals surface area contributed by atoms with Crippen molar-refractivity contribution >= 4 is 23.7 Å². The Bertz CT molecular complexity index is 990. The van der Waals surface area contributed by atoms with E-state index < -0.39 is 71.8 Å². The molecule has 1 aliphatic carbocycles. The molecule has 3 rings (SSSR count).